The lowest BCUT2D eigenvalue weighted by Gasteiger charge is -2.12. The first-order valence-electron chi connectivity index (χ1n) is 9.31. The van der Waals surface area contributed by atoms with Crippen LogP contribution in [0.2, 0.25) is 0 Å². The lowest BCUT2D eigenvalue weighted by molar-refractivity contribution is -0.120. The molecule has 2 amide bonds. The van der Waals surface area contributed by atoms with Gasteiger partial charge in [0, 0.05) is 13.0 Å². The second-order valence-electron chi connectivity index (χ2n) is 6.16. The number of benzene rings is 2. The Kier molecular flexibility index (Phi) is 9.52. The molecule has 0 aliphatic heterocycles. The van der Waals surface area contributed by atoms with E-state index in [4.69, 9.17) is 9.47 Å². The van der Waals surface area contributed by atoms with E-state index in [0.29, 0.717) is 18.1 Å². The van der Waals surface area contributed by atoms with Crippen LogP contribution in [0.3, 0.4) is 0 Å². The summed E-state index contributed by atoms with van der Waals surface area (Å²) in [6.07, 6.45) is 2.38. The Bertz CT molecular complexity index is 921. The van der Waals surface area contributed by atoms with Gasteiger partial charge in [0.1, 0.15) is 5.82 Å². The summed E-state index contributed by atoms with van der Waals surface area (Å²) in [5.41, 5.74) is 3.06. The molecule has 2 N–H and O–H groups in total. The minimum absolute atomic E-state index is 0.00217. The van der Waals surface area contributed by atoms with Crippen LogP contribution in [0.15, 0.2) is 41.5 Å². The average Bonchev–Trinajstić information content (AvgIpc) is 2.72. The molecule has 0 aliphatic carbocycles. The predicted octanol–water partition coefficient (Wildman–Crippen LogP) is 3.50. The van der Waals surface area contributed by atoms with Gasteiger partial charge in [0.15, 0.2) is 11.5 Å². The second-order valence-corrected chi connectivity index (χ2v) is 7.32. The molecular weight excluding hydrogens is 504 g/mol. The van der Waals surface area contributed by atoms with Crippen molar-refractivity contribution in [2.45, 2.75) is 19.8 Å². The number of carbonyl (C=O) groups is 2. The van der Waals surface area contributed by atoms with Gasteiger partial charge in [-0.25, -0.2) is 9.82 Å². The fourth-order valence-electron chi connectivity index (χ4n) is 2.42. The zero-order valence-electron chi connectivity index (χ0n) is 16.7. The largest absolute Gasteiger partial charge is 0.493 e. The number of carbonyl (C=O) groups excluding carboxylic acids is 2. The lowest BCUT2D eigenvalue weighted by Crippen LogP contribution is -2.29. The number of amides is 2. The lowest BCUT2D eigenvalue weighted by atomic mass is 10.2. The fourth-order valence-corrected chi connectivity index (χ4v) is 3.20. The van der Waals surface area contributed by atoms with Gasteiger partial charge >= 0.3 is 0 Å². The number of hydrazone groups is 1. The number of methoxy groups -OCH3 is 1. The number of rotatable bonds is 10. The highest BCUT2D eigenvalue weighted by atomic mass is 127. The van der Waals surface area contributed by atoms with E-state index in [2.05, 4.69) is 38.4 Å². The van der Waals surface area contributed by atoms with Crippen LogP contribution in [0.5, 0.6) is 11.5 Å². The summed E-state index contributed by atoms with van der Waals surface area (Å²) in [6, 6.07) is 9.27. The molecule has 0 bridgehead atoms. The van der Waals surface area contributed by atoms with E-state index in [1.165, 1.54) is 24.4 Å². The second kappa shape index (κ2) is 12.1. The molecule has 0 saturated heterocycles. The van der Waals surface area contributed by atoms with Gasteiger partial charge < -0.3 is 14.8 Å². The predicted molar refractivity (Wildman–Crippen MR) is 121 cm³/mol. The monoisotopic (exact) mass is 527 g/mol. The molecule has 2 aromatic carbocycles. The van der Waals surface area contributed by atoms with E-state index < -0.39 is 11.7 Å². The number of nitrogens with zero attached hydrogens (tertiary/aromatic N) is 1. The van der Waals surface area contributed by atoms with Gasteiger partial charge in [0.25, 0.3) is 5.91 Å². The van der Waals surface area contributed by atoms with E-state index >= 15 is 0 Å². The quantitative estimate of drug-likeness (QED) is 0.281. The third-order valence-corrected chi connectivity index (χ3v) is 4.66. The van der Waals surface area contributed by atoms with Crippen LogP contribution < -0.4 is 20.2 Å². The molecule has 0 radical (unpaired) electrons. The SMILES string of the molecule is CCCOc1c(I)cc(C=NNC(=O)CCNC(=O)c2ccccc2F)cc1OC. The average molecular weight is 527 g/mol. The molecule has 30 heavy (non-hydrogen) atoms. The Labute approximate surface area is 188 Å². The summed E-state index contributed by atoms with van der Waals surface area (Å²) in [4.78, 5) is 23.8. The van der Waals surface area contributed by atoms with Gasteiger partial charge in [-0.1, -0.05) is 19.1 Å². The highest BCUT2D eigenvalue weighted by Gasteiger charge is 2.12. The molecular formula is C21H23FIN3O4. The number of halogens is 2. The Balaban J connectivity index is 1.85. The third kappa shape index (κ3) is 6.97. The Morgan fingerprint density at radius 3 is 2.73 bits per heavy atom. The molecule has 0 unspecified atom stereocenters. The molecule has 0 aliphatic rings. The van der Waals surface area contributed by atoms with Crippen LogP contribution in [-0.2, 0) is 4.79 Å². The molecule has 0 aromatic heterocycles. The van der Waals surface area contributed by atoms with E-state index in [-0.39, 0.29) is 24.4 Å². The molecule has 9 heteroatoms. The summed E-state index contributed by atoms with van der Waals surface area (Å²) >= 11 is 2.15. The van der Waals surface area contributed by atoms with E-state index in [0.717, 1.165) is 15.6 Å². The van der Waals surface area contributed by atoms with Crippen molar-refractivity contribution < 1.29 is 23.5 Å². The maximum atomic E-state index is 13.5. The smallest absolute Gasteiger partial charge is 0.254 e. The van der Waals surface area contributed by atoms with Crippen molar-refractivity contribution in [2.24, 2.45) is 5.10 Å². The van der Waals surface area contributed by atoms with E-state index in [9.17, 15) is 14.0 Å². The van der Waals surface area contributed by atoms with Gasteiger partial charge in [0.2, 0.25) is 5.91 Å². The molecule has 0 atom stereocenters. The zero-order chi connectivity index (χ0) is 21.9. The van der Waals surface area contributed by atoms with Crippen molar-refractivity contribution in [2.75, 3.05) is 20.3 Å². The van der Waals surface area contributed by atoms with Crippen LogP contribution in [0, 0.1) is 9.39 Å². The van der Waals surface area contributed by atoms with Gasteiger partial charge in [-0.05, 0) is 58.8 Å². The first-order valence-corrected chi connectivity index (χ1v) is 10.4. The summed E-state index contributed by atoms with van der Waals surface area (Å²) in [7, 11) is 1.56. The van der Waals surface area contributed by atoms with Crippen LogP contribution in [0.4, 0.5) is 4.39 Å². The molecule has 2 aromatic rings. The maximum absolute atomic E-state index is 13.5. The Morgan fingerprint density at radius 1 is 1.27 bits per heavy atom. The molecule has 0 spiro atoms. The van der Waals surface area contributed by atoms with Gasteiger partial charge in [0.05, 0.1) is 29.1 Å². The molecule has 160 valence electrons. The maximum Gasteiger partial charge on any atom is 0.254 e. The van der Waals surface area contributed by atoms with Crippen molar-refractivity contribution in [3.05, 3.63) is 56.9 Å². The van der Waals surface area contributed by atoms with Crippen molar-refractivity contribution in [3.8, 4) is 11.5 Å². The fraction of sp³-hybridized carbons (Fsp3) is 0.286. The van der Waals surface area contributed by atoms with E-state index in [1.807, 2.05) is 13.0 Å². The van der Waals surface area contributed by atoms with Crippen molar-refractivity contribution >= 4 is 40.6 Å². The van der Waals surface area contributed by atoms with Gasteiger partial charge in [-0.3, -0.25) is 9.59 Å². The molecule has 7 nitrogen and oxygen atoms in total. The normalized spacial score (nSPS) is 10.7. The topological polar surface area (TPSA) is 89.0 Å². The van der Waals surface area contributed by atoms with Crippen LogP contribution in [0.25, 0.3) is 0 Å². The molecule has 0 saturated carbocycles. The Hall–Kier alpha value is -2.69. The summed E-state index contributed by atoms with van der Waals surface area (Å²) in [6.45, 7) is 2.67. The number of ether oxygens (including phenoxy) is 2. The number of nitrogens with one attached hydrogen (secondary N) is 2. The van der Waals surface area contributed by atoms with Crippen LogP contribution in [0.1, 0.15) is 35.7 Å². The summed E-state index contributed by atoms with van der Waals surface area (Å²) in [5, 5.41) is 6.42. The third-order valence-electron chi connectivity index (χ3n) is 3.86. The first kappa shape index (κ1) is 23.6. The first-order chi connectivity index (χ1) is 14.5. The summed E-state index contributed by atoms with van der Waals surface area (Å²) < 4.78 is 25.5. The standard InChI is InChI=1S/C21H23FIN3O4/c1-3-10-30-20-17(23)11-14(12-18(20)29-2)13-25-26-19(27)8-9-24-21(28)15-6-4-5-7-16(15)22/h4-7,11-13H,3,8-10H2,1-2H3,(H,24,28)(H,26,27). The van der Waals surface area contributed by atoms with Gasteiger partial charge in [-0.2, -0.15) is 5.10 Å². The van der Waals surface area contributed by atoms with E-state index in [1.54, 1.807) is 19.2 Å². The van der Waals surface area contributed by atoms with Gasteiger partial charge in [-0.15, -0.1) is 0 Å². The summed E-state index contributed by atoms with van der Waals surface area (Å²) in [5.74, 6) is -0.313. The van der Waals surface area contributed by atoms with Crippen molar-refractivity contribution in [1.29, 1.82) is 0 Å². The zero-order valence-corrected chi connectivity index (χ0v) is 18.9. The van der Waals surface area contributed by atoms with Crippen molar-refractivity contribution in [3.63, 3.8) is 0 Å². The minimum Gasteiger partial charge on any atom is -0.493 e. The highest BCUT2D eigenvalue weighted by molar-refractivity contribution is 14.1. The number of hydrogen-bond acceptors (Lipinski definition) is 5. The van der Waals surface area contributed by atoms with Crippen LogP contribution in [-0.4, -0.2) is 38.3 Å². The molecule has 0 heterocycles. The molecule has 0 fully saturated rings. The van der Waals surface area contributed by atoms with Crippen LogP contribution >= 0.6 is 22.6 Å². The number of hydrogen-bond donors (Lipinski definition) is 2. The minimum atomic E-state index is -0.611. The Morgan fingerprint density at radius 2 is 2.03 bits per heavy atom. The van der Waals surface area contributed by atoms with Crippen molar-refractivity contribution in [1.82, 2.24) is 10.7 Å². The molecule has 2 rings (SSSR count). The highest BCUT2D eigenvalue weighted by Crippen LogP contribution is 2.33.